The van der Waals surface area contributed by atoms with Crippen molar-refractivity contribution in [3.8, 4) is 0 Å². The average molecular weight is 367 g/mol. The summed E-state index contributed by atoms with van der Waals surface area (Å²) in [7, 11) is 1.86. The highest BCUT2D eigenvalue weighted by Crippen LogP contribution is 2.32. The van der Waals surface area contributed by atoms with Crippen LogP contribution in [-0.2, 0) is 9.59 Å². The van der Waals surface area contributed by atoms with Gasteiger partial charge in [0.25, 0.3) is 0 Å². The van der Waals surface area contributed by atoms with Crippen LogP contribution < -0.4 is 16.4 Å². The Hall–Kier alpha value is -3.09. The van der Waals surface area contributed by atoms with Crippen molar-refractivity contribution in [1.29, 1.82) is 0 Å². The number of benzene rings is 1. The largest absolute Gasteiger partial charge is 0.388 e. The number of hydrogen-bond acceptors (Lipinski definition) is 5. The number of nitrogens with two attached hydrogens (primary N) is 1. The Balaban J connectivity index is 1.77. The summed E-state index contributed by atoms with van der Waals surface area (Å²) in [5.41, 5.74) is 8.93. The number of anilines is 3. The molecule has 27 heavy (non-hydrogen) atoms. The van der Waals surface area contributed by atoms with Gasteiger partial charge in [0.1, 0.15) is 5.82 Å². The lowest BCUT2D eigenvalue weighted by molar-refractivity contribution is -0.145. The summed E-state index contributed by atoms with van der Waals surface area (Å²) in [6, 6.07) is 9.57. The fraction of sp³-hybridized carbons (Fsp3) is 0.350. The van der Waals surface area contributed by atoms with Crippen molar-refractivity contribution in [3.05, 3.63) is 47.7 Å². The van der Waals surface area contributed by atoms with Crippen LogP contribution in [-0.4, -0.2) is 35.3 Å². The van der Waals surface area contributed by atoms with Crippen LogP contribution in [0.5, 0.6) is 0 Å². The highest BCUT2D eigenvalue weighted by Gasteiger charge is 2.32. The van der Waals surface area contributed by atoms with E-state index in [1.165, 1.54) is 6.20 Å². The minimum absolute atomic E-state index is 0.100. The molecule has 1 aromatic carbocycles. The average Bonchev–Trinajstić information content (AvgIpc) is 2.70. The monoisotopic (exact) mass is 367 g/mol. The lowest BCUT2D eigenvalue weighted by Gasteiger charge is -2.35. The number of rotatable bonds is 3. The molecule has 1 atom stereocenters. The summed E-state index contributed by atoms with van der Waals surface area (Å²) in [6.45, 7) is 2.37. The second-order valence-corrected chi connectivity index (χ2v) is 6.77. The first-order valence-corrected chi connectivity index (χ1v) is 9.11. The first-order chi connectivity index (χ1) is 13.0. The molecule has 0 aliphatic carbocycles. The van der Waals surface area contributed by atoms with Gasteiger partial charge in [0, 0.05) is 19.3 Å². The summed E-state index contributed by atoms with van der Waals surface area (Å²) in [5, 5.41) is 5.76. The van der Waals surface area contributed by atoms with E-state index in [4.69, 9.17) is 5.73 Å². The zero-order valence-corrected chi connectivity index (χ0v) is 15.7. The standard InChI is InChI=1S/C20H25N5O2/c1-13-10-16(12-23-18(13)21)24-19(26)20(27)25-9-4-3-8-17(25)14-6-5-7-15(11-14)22-2/h5-7,10-12,17,22H,3-4,8-9H2,1-2H3,(H2,21,23)(H,24,26)/t17-/m1/s1. The molecule has 1 saturated heterocycles. The van der Waals surface area contributed by atoms with E-state index in [1.54, 1.807) is 17.9 Å². The molecule has 0 radical (unpaired) electrons. The molecule has 1 aromatic heterocycles. The van der Waals surface area contributed by atoms with E-state index < -0.39 is 11.8 Å². The Labute approximate surface area is 159 Å². The number of nitrogens with one attached hydrogen (secondary N) is 2. The number of piperidine rings is 1. The fourth-order valence-corrected chi connectivity index (χ4v) is 3.39. The van der Waals surface area contributed by atoms with Gasteiger partial charge in [0.15, 0.2) is 0 Å². The summed E-state index contributed by atoms with van der Waals surface area (Å²) < 4.78 is 0. The number of aromatic nitrogens is 1. The van der Waals surface area contributed by atoms with Gasteiger partial charge in [0.2, 0.25) is 0 Å². The van der Waals surface area contributed by atoms with Crippen LogP contribution in [0, 0.1) is 6.92 Å². The van der Waals surface area contributed by atoms with Gasteiger partial charge in [-0.2, -0.15) is 0 Å². The van der Waals surface area contributed by atoms with E-state index in [0.717, 1.165) is 36.1 Å². The van der Waals surface area contributed by atoms with Gasteiger partial charge in [-0.3, -0.25) is 9.59 Å². The van der Waals surface area contributed by atoms with E-state index in [-0.39, 0.29) is 6.04 Å². The molecular weight excluding hydrogens is 342 g/mol. The number of aryl methyl sites for hydroxylation is 1. The van der Waals surface area contributed by atoms with E-state index in [1.807, 2.05) is 31.3 Å². The number of amides is 2. The number of hydrogen-bond donors (Lipinski definition) is 3. The minimum atomic E-state index is -0.655. The number of carbonyl (C=O) groups excluding carboxylic acids is 2. The number of nitrogens with zero attached hydrogens (tertiary/aromatic N) is 2. The molecular formula is C20H25N5O2. The third kappa shape index (κ3) is 4.19. The third-order valence-corrected chi connectivity index (χ3v) is 4.89. The third-order valence-electron chi connectivity index (χ3n) is 4.89. The summed E-state index contributed by atoms with van der Waals surface area (Å²) in [6.07, 6.45) is 4.22. The number of likely N-dealkylation sites (tertiary alicyclic amines) is 1. The lowest BCUT2D eigenvalue weighted by atomic mass is 9.94. The molecule has 7 heteroatoms. The predicted molar refractivity (Wildman–Crippen MR) is 106 cm³/mol. The molecule has 7 nitrogen and oxygen atoms in total. The molecule has 0 unspecified atom stereocenters. The van der Waals surface area contributed by atoms with Crippen LogP contribution in [0.15, 0.2) is 36.5 Å². The van der Waals surface area contributed by atoms with Crippen molar-refractivity contribution in [3.63, 3.8) is 0 Å². The summed E-state index contributed by atoms with van der Waals surface area (Å²) in [4.78, 5) is 31.1. The second kappa shape index (κ2) is 8.07. The van der Waals surface area contributed by atoms with Crippen molar-refractivity contribution < 1.29 is 9.59 Å². The quantitative estimate of drug-likeness (QED) is 0.724. The number of nitrogen functional groups attached to an aromatic ring is 1. The zero-order chi connectivity index (χ0) is 19.4. The molecule has 0 spiro atoms. The molecule has 3 rings (SSSR count). The van der Waals surface area contributed by atoms with Gasteiger partial charge in [-0.1, -0.05) is 12.1 Å². The Morgan fingerprint density at radius 1 is 1.22 bits per heavy atom. The maximum atomic E-state index is 12.8. The molecule has 1 fully saturated rings. The SMILES string of the molecule is CNc1cccc([C@H]2CCCCN2C(=O)C(=O)Nc2cnc(N)c(C)c2)c1. The van der Waals surface area contributed by atoms with Gasteiger partial charge < -0.3 is 21.3 Å². The van der Waals surface area contributed by atoms with E-state index >= 15 is 0 Å². The van der Waals surface area contributed by atoms with Crippen LogP contribution in [0.4, 0.5) is 17.2 Å². The maximum Gasteiger partial charge on any atom is 0.313 e. The van der Waals surface area contributed by atoms with Crippen LogP contribution in [0.25, 0.3) is 0 Å². The van der Waals surface area contributed by atoms with Crippen molar-refractivity contribution in [2.24, 2.45) is 0 Å². The van der Waals surface area contributed by atoms with Crippen molar-refractivity contribution >= 4 is 29.0 Å². The summed E-state index contributed by atoms with van der Waals surface area (Å²) in [5.74, 6) is -0.776. The molecule has 0 bridgehead atoms. The Morgan fingerprint density at radius 2 is 2.04 bits per heavy atom. The van der Waals surface area contributed by atoms with Crippen LogP contribution in [0.1, 0.15) is 36.4 Å². The molecule has 142 valence electrons. The number of pyridine rings is 1. The predicted octanol–water partition coefficient (Wildman–Crippen LogP) is 2.71. The first-order valence-electron chi connectivity index (χ1n) is 9.11. The van der Waals surface area contributed by atoms with Gasteiger partial charge in [-0.05, 0) is 55.5 Å². The Morgan fingerprint density at radius 3 is 2.78 bits per heavy atom. The van der Waals surface area contributed by atoms with E-state index in [0.29, 0.717) is 18.1 Å². The van der Waals surface area contributed by atoms with Crippen molar-refractivity contribution in [1.82, 2.24) is 9.88 Å². The normalized spacial score (nSPS) is 16.7. The lowest BCUT2D eigenvalue weighted by Crippen LogP contribution is -2.44. The Kier molecular flexibility index (Phi) is 5.59. The topological polar surface area (TPSA) is 100 Å². The highest BCUT2D eigenvalue weighted by atomic mass is 16.2. The van der Waals surface area contributed by atoms with Gasteiger partial charge in [-0.15, -0.1) is 0 Å². The molecule has 1 aliphatic heterocycles. The van der Waals surface area contributed by atoms with E-state index in [9.17, 15) is 9.59 Å². The van der Waals surface area contributed by atoms with Gasteiger partial charge >= 0.3 is 11.8 Å². The van der Waals surface area contributed by atoms with Crippen molar-refractivity contribution in [2.45, 2.75) is 32.2 Å². The maximum absolute atomic E-state index is 12.8. The molecule has 0 saturated carbocycles. The molecule has 2 amide bonds. The van der Waals surface area contributed by atoms with E-state index in [2.05, 4.69) is 15.6 Å². The molecule has 2 aromatic rings. The van der Waals surface area contributed by atoms with Crippen LogP contribution in [0.2, 0.25) is 0 Å². The number of carbonyl (C=O) groups is 2. The van der Waals surface area contributed by atoms with Crippen molar-refractivity contribution in [2.75, 3.05) is 30.0 Å². The highest BCUT2D eigenvalue weighted by molar-refractivity contribution is 6.39. The van der Waals surface area contributed by atoms with Crippen LogP contribution >= 0.6 is 0 Å². The van der Waals surface area contributed by atoms with Gasteiger partial charge in [-0.25, -0.2) is 4.98 Å². The minimum Gasteiger partial charge on any atom is -0.388 e. The fourth-order valence-electron chi connectivity index (χ4n) is 3.39. The summed E-state index contributed by atoms with van der Waals surface area (Å²) >= 11 is 0. The zero-order valence-electron chi connectivity index (χ0n) is 15.7. The smallest absolute Gasteiger partial charge is 0.313 e. The second-order valence-electron chi connectivity index (χ2n) is 6.77. The Bertz CT molecular complexity index is 852. The first kappa shape index (κ1) is 18.7. The molecule has 4 N–H and O–H groups in total. The molecule has 2 heterocycles. The van der Waals surface area contributed by atoms with Gasteiger partial charge in [0.05, 0.1) is 17.9 Å². The van der Waals surface area contributed by atoms with Crippen LogP contribution in [0.3, 0.4) is 0 Å². The molecule has 1 aliphatic rings.